The summed E-state index contributed by atoms with van der Waals surface area (Å²) in [6.07, 6.45) is 9.32. The Hall–Kier alpha value is -0.800. The van der Waals surface area contributed by atoms with Crippen molar-refractivity contribution in [1.29, 1.82) is 0 Å². The monoisotopic (exact) mass is 362 g/mol. The zero-order valence-electron chi connectivity index (χ0n) is 16.3. The SMILES string of the molecule is COC(C=CCCC(OC)OC)OC(C=CCCC(OC)OC)OC. The predicted molar refractivity (Wildman–Crippen MR) is 95.0 cm³/mol. The van der Waals surface area contributed by atoms with Crippen molar-refractivity contribution in [3.05, 3.63) is 24.3 Å². The van der Waals surface area contributed by atoms with Crippen LogP contribution in [0, 0.1) is 0 Å². The van der Waals surface area contributed by atoms with Crippen LogP contribution in [0.5, 0.6) is 0 Å². The van der Waals surface area contributed by atoms with Gasteiger partial charge in [0.15, 0.2) is 25.2 Å². The fraction of sp³-hybridized carbons (Fsp3) is 0.778. The van der Waals surface area contributed by atoms with Crippen molar-refractivity contribution in [3.8, 4) is 0 Å². The minimum absolute atomic E-state index is 0.204. The first-order chi connectivity index (χ1) is 12.1. The lowest BCUT2D eigenvalue weighted by atomic mass is 10.2. The number of methoxy groups -OCH3 is 6. The number of hydrogen-bond donors (Lipinski definition) is 0. The molecule has 0 aliphatic carbocycles. The lowest BCUT2D eigenvalue weighted by Gasteiger charge is -2.18. The number of rotatable bonds is 16. The zero-order chi connectivity index (χ0) is 18.9. The summed E-state index contributed by atoms with van der Waals surface area (Å²) in [6.45, 7) is 0. The molecular formula is C18H34O7. The summed E-state index contributed by atoms with van der Waals surface area (Å²) in [5.74, 6) is 0. The molecule has 0 aromatic carbocycles. The summed E-state index contributed by atoms with van der Waals surface area (Å²) in [5.41, 5.74) is 0. The Labute approximate surface area is 151 Å². The highest BCUT2D eigenvalue weighted by atomic mass is 16.8. The summed E-state index contributed by atoms with van der Waals surface area (Å²) >= 11 is 0. The van der Waals surface area contributed by atoms with Gasteiger partial charge in [-0.3, -0.25) is 0 Å². The first-order valence-electron chi connectivity index (χ1n) is 8.30. The van der Waals surface area contributed by atoms with E-state index in [4.69, 9.17) is 33.2 Å². The maximum atomic E-state index is 5.73. The van der Waals surface area contributed by atoms with Crippen molar-refractivity contribution < 1.29 is 33.2 Å². The first kappa shape index (κ1) is 24.2. The number of allylic oxidation sites excluding steroid dienone is 2. The molecule has 2 unspecified atom stereocenters. The van der Waals surface area contributed by atoms with E-state index in [-0.39, 0.29) is 12.6 Å². The van der Waals surface area contributed by atoms with Gasteiger partial charge in [0.25, 0.3) is 0 Å². The molecule has 0 aliphatic rings. The molecule has 0 aromatic rings. The van der Waals surface area contributed by atoms with E-state index in [1.807, 2.05) is 24.3 Å². The molecule has 0 saturated heterocycles. The third kappa shape index (κ3) is 12.2. The van der Waals surface area contributed by atoms with Crippen LogP contribution in [0.1, 0.15) is 25.7 Å². The number of ether oxygens (including phenoxy) is 7. The molecule has 0 rings (SSSR count). The molecule has 148 valence electrons. The molecule has 25 heavy (non-hydrogen) atoms. The highest BCUT2D eigenvalue weighted by molar-refractivity contribution is 4.89. The molecule has 0 aromatic heterocycles. The van der Waals surface area contributed by atoms with Gasteiger partial charge in [-0.25, -0.2) is 0 Å². The molecule has 0 amide bonds. The van der Waals surface area contributed by atoms with Gasteiger partial charge in [-0.15, -0.1) is 0 Å². The van der Waals surface area contributed by atoms with Crippen molar-refractivity contribution >= 4 is 0 Å². The largest absolute Gasteiger partial charge is 0.356 e. The Kier molecular flexibility index (Phi) is 16.1. The number of hydrogen-bond acceptors (Lipinski definition) is 7. The van der Waals surface area contributed by atoms with Crippen LogP contribution >= 0.6 is 0 Å². The van der Waals surface area contributed by atoms with E-state index < -0.39 is 12.6 Å². The normalized spacial score (nSPS) is 15.0. The van der Waals surface area contributed by atoms with Crippen LogP contribution < -0.4 is 0 Å². The van der Waals surface area contributed by atoms with Crippen molar-refractivity contribution in [1.82, 2.24) is 0 Å². The van der Waals surface area contributed by atoms with E-state index in [0.717, 1.165) is 25.7 Å². The molecule has 0 bridgehead atoms. The lowest BCUT2D eigenvalue weighted by Crippen LogP contribution is -2.22. The second-order valence-electron chi connectivity index (χ2n) is 5.16. The van der Waals surface area contributed by atoms with Gasteiger partial charge < -0.3 is 33.2 Å². The van der Waals surface area contributed by atoms with Gasteiger partial charge in [0.05, 0.1) is 0 Å². The smallest absolute Gasteiger partial charge is 0.179 e. The molecule has 7 heteroatoms. The van der Waals surface area contributed by atoms with E-state index in [9.17, 15) is 0 Å². The first-order valence-corrected chi connectivity index (χ1v) is 8.30. The summed E-state index contributed by atoms with van der Waals surface area (Å²) in [4.78, 5) is 0. The molecule has 0 N–H and O–H groups in total. The van der Waals surface area contributed by atoms with Gasteiger partial charge in [-0.1, -0.05) is 12.2 Å². The fourth-order valence-electron chi connectivity index (χ4n) is 2.03. The molecule has 0 spiro atoms. The van der Waals surface area contributed by atoms with Crippen LogP contribution in [-0.4, -0.2) is 67.8 Å². The summed E-state index contributed by atoms with van der Waals surface area (Å²) in [6, 6.07) is 0. The van der Waals surface area contributed by atoms with E-state index in [0.29, 0.717) is 0 Å². The van der Waals surface area contributed by atoms with Gasteiger partial charge in [-0.2, -0.15) is 0 Å². The van der Waals surface area contributed by atoms with Crippen molar-refractivity contribution in [3.63, 3.8) is 0 Å². The Bertz CT molecular complexity index is 306. The average Bonchev–Trinajstić information content (AvgIpc) is 2.65. The van der Waals surface area contributed by atoms with Crippen LogP contribution in [0.25, 0.3) is 0 Å². The Balaban J connectivity index is 4.26. The van der Waals surface area contributed by atoms with E-state index in [1.54, 1.807) is 42.7 Å². The van der Waals surface area contributed by atoms with Crippen LogP contribution in [-0.2, 0) is 33.2 Å². The predicted octanol–water partition coefficient (Wildman–Crippen LogP) is 2.86. The Morgan fingerprint density at radius 2 is 0.920 bits per heavy atom. The summed E-state index contributed by atoms with van der Waals surface area (Å²) in [5, 5.41) is 0. The zero-order valence-corrected chi connectivity index (χ0v) is 16.3. The van der Waals surface area contributed by atoms with E-state index in [1.165, 1.54) is 0 Å². The second-order valence-corrected chi connectivity index (χ2v) is 5.16. The molecule has 7 nitrogen and oxygen atoms in total. The maximum absolute atomic E-state index is 5.73. The van der Waals surface area contributed by atoms with Gasteiger partial charge in [0, 0.05) is 55.5 Å². The molecule has 0 aliphatic heterocycles. The minimum Gasteiger partial charge on any atom is -0.356 e. The highest BCUT2D eigenvalue weighted by Gasteiger charge is 2.11. The average molecular weight is 362 g/mol. The van der Waals surface area contributed by atoms with Crippen LogP contribution in [0.3, 0.4) is 0 Å². The molecular weight excluding hydrogens is 328 g/mol. The Morgan fingerprint density at radius 3 is 1.20 bits per heavy atom. The van der Waals surface area contributed by atoms with Crippen LogP contribution in [0.15, 0.2) is 24.3 Å². The third-order valence-electron chi connectivity index (χ3n) is 3.51. The lowest BCUT2D eigenvalue weighted by molar-refractivity contribution is -0.189. The van der Waals surface area contributed by atoms with Crippen molar-refractivity contribution in [2.45, 2.75) is 50.8 Å². The van der Waals surface area contributed by atoms with E-state index >= 15 is 0 Å². The fourth-order valence-corrected chi connectivity index (χ4v) is 2.03. The van der Waals surface area contributed by atoms with Crippen LogP contribution in [0.4, 0.5) is 0 Å². The van der Waals surface area contributed by atoms with Crippen molar-refractivity contribution in [2.75, 3.05) is 42.7 Å². The minimum atomic E-state index is -0.496. The topological polar surface area (TPSA) is 64.6 Å². The Morgan fingerprint density at radius 1 is 0.560 bits per heavy atom. The molecule has 0 saturated carbocycles. The molecule has 0 heterocycles. The maximum Gasteiger partial charge on any atom is 0.179 e. The summed E-state index contributed by atoms with van der Waals surface area (Å²) < 4.78 is 36.9. The van der Waals surface area contributed by atoms with E-state index in [2.05, 4.69) is 0 Å². The van der Waals surface area contributed by atoms with Crippen molar-refractivity contribution in [2.24, 2.45) is 0 Å². The van der Waals surface area contributed by atoms with Gasteiger partial charge in [0.1, 0.15) is 0 Å². The van der Waals surface area contributed by atoms with Gasteiger partial charge >= 0.3 is 0 Å². The quantitative estimate of drug-likeness (QED) is 0.309. The second kappa shape index (κ2) is 16.7. The summed E-state index contributed by atoms with van der Waals surface area (Å²) in [7, 11) is 9.65. The third-order valence-corrected chi connectivity index (χ3v) is 3.51. The standard InChI is InChI=1S/C18H34O7/c1-19-15(20-2)11-7-9-13-17(23-5)25-18(24-6)14-10-8-12-16(21-3)22-4/h9-10,13-18H,7-8,11-12H2,1-6H3. The van der Waals surface area contributed by atoms with Gasteiger partial charge in [-0.05, 0) is 25.0 Å². The van der Waals surface area contributed by atoms with Gasteiger partial charge in [0.2, 0.25) is 0 Å². The molecule has 0 fully saturated rings. The molecule has 0 radical (unpaired) electrons. The molecule has 2 atom stereocenters. The highest BCUT2D eigenvalue weighted by Crippen LogP contribution is 2.09. The van der Waals surface area contributed by atoms with Crippen LogP contribution in [0.2, 0.25) is 0 Å².